The fourth-order valence-corrected chi connectivity index (χ4v) is 2.49. The van der Waals surface area contributed by atoms with E-state index in [9.17, 15) is 9.59 Å². The highest BCUT2D eigenvalue weighted by Gasteiger charge is 2.34. The predicted molar refractivity (Wildman–Crippen MR) is 96.9 cm³/mol. The summed E-state index contributed by atoms with van der Waals surface area (Å²) in [4.78, 5) is 24.9. The molecule has 2 amide bonds. The Bertz CT molecular complexity index is 836. The second-order valence-corrected chi connectivity index (χ2v) is 6.73. The van der Waals surface area contributed by atoms with Crippen LogP contribution in [0.1, 0.15) is 26.3 Å². The van der Waals surface area contributed by atoms with E-state index in [4.69, 9.17) is 4.74 Å². The molecule has 1 heterocycles. The highest BCUT2D eigenvalue weighted by atomic mass is 16.5. The van der Waals surface area contributed by atoms with Gasteiger partial charge in [0, 0.05) is 5.56 Å². The van der Waals surface area contributed by atoms with Crippen LogP contribution in [0.3, 0.4) is 0 Å². The van der Waals surface area contributed by atoms with Gasteiger partial charge in [-0.05, 0) is 45.0 Å². The molecule has 128 valence electrons. The monoisotopic (exact) mass is 336 g/mol. The Morgan fingerprint density at radius 1 is 0.960 bits per heavy atom. The highest BCUT2D eigenvalue weighted by molar-refractivity contribution is 6.31. The van der Waals surface area contributed by atoms with Crippen molar-refractivity contribution in [3.05, 3.63) is 65.7 Å². The molecule has 2 aromatic carbocycles. The molecule has 1 saturated heterocycles. The minimum Gasteiger partial charge on any atom is -0.488 e. The second kappa shape index (κ2) is 6.43. The van der Waals surface area contributed by atoms with Gasteiger partial charge in [0.05, 0.1) is 5.69 Å². The van der Waals surface area contributed by atoms with Crippen LogP contribution < -0.4 is 15.2 Å². The molecule has 3 rings (SSSR count). The number of nitrogens with one attached hydrogen (secondary N) is 1. The van der Waals surface area contributed by atoms with Gasteiger partial charge in [-0.3, -0.25) is 15.0 Å². The molecule has 5 nitrogen and oxygen atoms in total. The average molecular weight is 336 g/mol. The maximum atomic E-state index is 12.7. The number of para-hydroxylation sites is 2. The van der Waals surface area contributed by atoms with Crippen molar-refractivity contribution in [1.82, 2.24) is 5.43 Å². The van der Waals surface area contributed by atoms with E-state index in [1.54, 1.807) is 18.2 Å². The SMILES string of the molecule is CC(C)(C)Oc1ccccc1C=C1C(=O)NN(c2ccccc2)C1=O. The number of hydrogen-bond donors (Lipinski definition) is 1. The number of nitrogens with zero attached hydrogens (tertiary/aromatic N) is 1. The van der Waals surface area contributed by atoms with Gasteiger partial charge in [0.1, 0.15) is 16.9 Å². The molecular formula is C20H20N2O3. The zero-order chi connectivity index (χ0) is 18.0. The molecule has 25 heavy (non-hydrogen) atoms. The van der Waals surface area contributed by atoms with Gasteiger partial charge in [0.15, 0.2) is 0 Å². The lowest BCUT2D eigenvalue weighted by Crippen LogP contribution is -2.35. The van der Waals surface area contributed by atoms with Gasteiger partial charge < -0.3 is 4.74 Å². The fraction of sp³-hybridized carbons (Fsp3) is 0.200. The molecule has 0 bridgehead atoms. The summed E-state index contributed by atoms with van der Waals surface area (Å²) < 4.78 is 5.92. The summed E-state index contributed by atoms with van der Waals surface area (Å²) in [6, 6.07) is 16.3. The summed E-state index contributed by atoms with van der Waals surface area (Å²) in [5.41, 5.74) is 3.59. The molecule has 1 fully saturated rings. The van der Waals surface area contributed by atoms with E-state index in [1.165, 1.54) is 5.01 Å². The van der Waals surface area contributed by atoms with Crippen LogP contribution in [0.15, 0.2) is 60.2 Å². The van der Waals surface area contributed by atoms with E-state index in [1.807, 2.05) is 63.2 Å². The number of ether oxygens (including phenoxy) is 1. The molecule has 0 atom stereocenters. The highest BCUT2D eigenvalue weighted by Crippen LogP contribution is 2.27. The number of hydrazine groups is 1. The summed E-state index contributed by atoms with van der Waals surface area (Å²) in [5.74, 6) is -0.192. The molecule has 0 spiro atoms. The van der Waals surface area contributed by atoms with Crippen LogP contribution in [-0.2, 0) is 9.59 Å². The first kappa shape index (κ1) is 16.8. The van der Waals surface area contributed by atoms with Crippen LogP contribution in [0.25, 0.3) is 6.08 Å². The molecule has 1 aliphatic heterocycles. The normalized spacial score (nSPS) is 16.3. The Morgan fingerprint density at radius 2 is 1.60 bits per heavy atom. The molecule has 0 aliphatic carbocycles. The van der Waals surface area contributed by atoms with Gasteiger partial charge in [0.2, 0.25) is 0 Å². The van der Waals surface area contributed by atoms with E-state index in [2.05, 4.69) is 5.43 Å². The minimum absolute atomic E-state index is 0.0776. The van der Waals surface area contributed by atoms with Gasteiger partial charge in [-0.15, -0.1) is 0 Å². The molecule has 0 saturated carbocycles. The molecule has 1 aliphatic rings. The Hall–Kier alpha value is -3.08. The Kier molecular flexibility index (Phi) is 4.31. The van der Waals surface area contributed by atoms with Crippen molar-refractivity contribution in [1.29, 1.82) is 0 Å². The van der Waals surface area contributed by atoms with Crippen molar-refractivity contribution in [2.24, 2.45) is 0 Å². The van der Waals surface area contributed by atoms with E-state index in [0.717, 1.165) is 0 Å². The smallest absolute Gasteiger partial charge is 0.282 e. The third-order valence-electron chi connectivity index (χ3n) is 3.54. The van der Waals surface area contributed by atoms with Crippen molar-refractivity contribution in [2.75, 3.05) is 5.01 Å². The Morgan fingerprint density at radius 3 is 2.28 bits per heavy atom. The Balaban J connectivity index is 1.95. The number of amides is 2. The lowest BCUT2D eigenvalue weighted by atomic mass is 10.1. The maximum absolute atomic E-state index is 12.7. The van der Waals surface area contributed by atoms with Crippen molar-refractivity contribution >= 4 is 23.6 Å². The van der Waals surface area contributed by atoms with E-state index in [-0.39, 0.29) is 17.1 Å². The lowest BCUT2D eigenvalue weighted by Gasteiger charge is -2.22. The first-order valence-corrected chi connectivity index (χ1v) is 8.05. The molecule has 0 radical (unpaired) electrons. The molecule has 0 aromatic heterocycles. The van der Waals surface area contributed by atoms with Crippen LogP contribution in [-0.4, -0.2) is 17.4 Å². The largest absolute Gasteiger partial charge is 0.488 e. The summed E-state index contributed by atoms with van der Waals surface area (Å²) in [7, 11) is 0. The van der Waals surface area contributed by atoms with Crippen LogP contribution >= 0.6 is 0 Å². The van der Waals surface area contributed by atoms with Crippen LogP contribution in [0.2, 0.25) is 0 Å². The van der Waals surface area contributed by atoms with Crippen molar-refractivity contribution in [3.63, 3.8) is 0 Å². The van der Waals surface area contributed by atoms with Crippen LogP contribution in [0.5, 0.6) is 5.75 Å². The molecule has 2 aromatic rings. The number of anilines is 1. The van der Waals surface area contributed by atoms with E-state index in [0.29, 0.717) is 17.0 Å². The zero-order valence-corrected chi connectivity index (χ0v) is 14.4. The lowest BCUT2D eigenvalue weighted by molar-refractivity contribution is -0.117. The molecular weight excluding hydrogens is 316 g/mol. The molecule has 1 N–H and O–H groups in total. The number of benzene rings is 2. The van der Waals surface area contributed by atoms with Crippen LogP contribution in [0.4, 0.5) is 5.69 Å². The standard InChI is InChI=1S/C20H20N2O3/c1-20(2,3)25-17-12-8-7-9-14(17)13-16-18(23)21-22(19(16)24)15-10-5-4-6-11-15/h4-13H,1-3H3,(H,21,23). The van der Waals surface area contributed by atoms with E-state index < -0.39 is 5.91 Å². The van der Waals surface area contributed by atoms with Crippen molar-refractivity contribution < 1.29 is 14.3 Å². The quantitative estimate of drug-likeness (QED) is 0.691. The van der Waals surface area contributed by atoms with Crippen molar-refractivity contribution in [3.8, 4) is 5.75 Å². The van der Waals surface area contributed by atoms with Crippen molar-refractivity contribution in [2.45, 2.75) is 26.4 Å². The second-order valence-electron chi connectivity index (χ2n) is 6.73. The molecule has 0 unspecified atom stereocenters. The van der Waals surface area contributed by atoms with E-state index >= 15 is 0 Å². The van der Waals surface area contributed by atoms with Gasteiger partial charge in [-0.1, -0.05) is 36.4 Å². The average Bonchev–Trinajstić information content (AvgIpc) is 2.84. The topological polar surface area (TPSA) is 58.6 Å². The fourth-order valence-electron chi connectivity index (χ4n) is 2.49. The summed E-state index contributed by atoms with van der Waals surface area (Å²) in [6.45, 7) is 5.84. The zero-order valence-electron chi connectivity index (χ0n) is 14.4. The summed E-state index contributed by atoms with van der Waals surface area (Å²) >= 11 is 0. The van der Waals surface area contributed by atoms with Gasteiger partial charge in [-0.2, -0.15) is 0 Å². The first-order chi connectivity index (χ1) is 11.8. The predicted octanol–water partition coefficient (Wildman–Crippen LogP) is 3.33. The third kappa shape index (κ3) is 3.71. The summed E-state index contributed by atoms with van der Waals surface area (Å²) in [6.07, 6.45) is 1.57. The number of carbonyl (C=O) groups is 2. The molecule has 5 heteroatoms. The Labute approximate surface area is 146 Å². The number of rotatable bonds is 3. The minimum atomic E-state index is -0.431. The van der Waals surface area contributed by atoms with Gasteiger partial charge in [0.25, 0.3) is 11.8 Å². The van der Waals surface area contributed by atoms with Crippen LogP contribution in [0, 0.1) is 0 Å². The summed E-state index contributed by atoms with van der Waals surface area (Å²) in [5, 5.41) is 1.25. The number of hydrogen-bond acceptors (Lipinski definition) is 3. The number of carbonyl (C=O) groups excluding carboxylic acids is 2. The third-order valence-corrected chi connectivity index (χ3v) is 3.54. The first-order valence-electron chi connectivity index (χ1n) is 8.05. The maximum Gasteiger partial charge on any atom is 0.282 e. The van der Waals surface area contributed by atoms with Gasteiger partial charge in [-0.25, -0.2) is 5.01 Å². The van der Waals surface area contributed by atoms with Gasteiger partial charge >= 0.3 is 0 Å².